The zero-order valence-electron chi connectivity index (χ0n) is 10.6. The van der Waals surface area contributed by atoms with E-state index in [2.05, 4.69) is 4.90 Å². The lowest BCUT2D eigenvalue weighted by Gasteiger charge is -2.25. The number of ether oxygens (including phenoxy) is 1. The predicted octanol–water partition coefficient (Wildman–Crippen LogP) is 2.63. The highest BCUT2D eigenvalue weighted by molar-refractivity contribution is 6.31. The molecule has 1 saturated heterocycles. The van der Waals surface area contributed by atoms with Gasteiger partial charge in [-0.1, -0.05) is 23.7 Å². The summed E-state index contributed by atoms with van der Waals surface area (Å²) in [5.74, 6) is 0.124. The van der Waals surface area contributed by atoms with Gasteiger partial charge in [0.2, 0.25) is 0 Å². The Morgan fingerprint density at radius 1 is 1.39 bits per heavy atom. The second-order valence-corrected chi connectivity index (χ2v) is 4.99. The first-order valence-electron chi connectivity index (χ1n) is 6.30. The normalized spacial score (nSPS) is 19.2. The first-order valence-corrected chi connectivity index (χ1v) is 6.68. The molecule has 1 unspecified atom stereocenters. The molecule has 0 N–H and O–H groups in total. The Morgan fingerprint density at radius 2 is 2.22 bits per heavy atom. The molecule has 98 valence electrons. The monoisotopic (exact) mass is 267 g/mol. The van der Waals surface area contributed by atoms with Gasteiger partial charge in [0.1, 0.15) is 0 Å². The van der Waals surface area contributed by atoms with Crippen LogP contribution in [0.2, 0.25) is 5.02 Å². The van der Waals surface area contributed by atoms with Crippen LogP contribution in [0.1, 0.15) is 23.7 Å². The van der Waals surface area contributed by atoms with Crippen molar-refractivity contribution < 1.29 is 9.53 Å². The Morgan fingerprint density at radius 3 is 3.00 bits per heavy atom. The summed E-state index contributed by atoms with van der Waals surface area (Å²) in [6, 6.07) is 7.02. The molecule has 0 saturated carbocycles. The summed E-state index contributed by atoms with van der Waals surface area (Å²) in [5, 5.41) is 0.604. The number of halogens is 1. The third-order valence-corrected chi connectivity index (χ3v) is 3.53. The minimum atomic E-state index is -0.120. The van der Waals surface area contributed by atoms with Gasteiger partial charge in [0.05, 0.1) is 12.6 Å². The lowest BCUT2D eigenvalue weighted by molar-refractivity contribution is 0.0824. The summed E-state index contributed by atoms with van der Waals surface area (Å²) in [7, 11) is 0. The van der Waals surface area contributed by atoms with Crippen molar-refractivity contribution in [3.8, 4) is 0 Å². The van der Waals surface area contributed by atoms with Crippen molar-refractivity contribution in [2.45, 2.75) is 19.4 Å². The summed E-state index contributed by atoms with van der Waals surface area (Å²) in [4.78, 5) is 14.5. The van der Waals surface area contributed by atoms with Crippen LogP contribution in [0.3, 0.4) is 0 Å². The molecule has 2 rings (SSSR count). The van der Waals surface area contributed by atoms with Gasteiger partial charge >= 0.3 is 0 Å². The van der Waals surface area contributed by atoms with Crippen molar-refractivity contribution in [2.24, 2.45) is 0 Å². The van der Waals surface area contributed by atoms with Crippen LogP contribution in [-0.4, -0.2) is 43.0 Å². The molecule has 1 heterocycles. The van der Waals surface area contributed by atoms with Gasteiger partial charge in [-0.3, -0.25) is 9.69 Å². The fourth-order valence-corrected chi connectivity index (χ4v) is 2.39. The number of rotatable bonds is 3. The molecule has 1 fully saturated rings. The van der Waals surface area contributed by atoms with Gasteiger partial charge in [-0.25, -0.2) is 0 Å². The standard InChI is InChI=1S/C14H18ClNO2/c1-11(16-6-3-8-18-9-7-16)14(17)12-4-2-5-13(15)10-12/h2,4-5,10-11H,3,6-9H2,1H3. The topological polar surface area (TPSA) is 29.5 Å². The Labute approximate surface area is 113 Å². The Bertz CT molecular complexity index is 414. The Kier molecular flexibility index (Phi) is 4.75. The summed E-state index contributed by atoms with van der Waals surface area (Å²) in [6.45, 7) is 5.16. The first-order chi connectivity index (χ1) is 8.68. The summed E-state index contributed by atoms with van der Waals surface area (Å²) in [5.41, 5.74) is 0.681. The zero-order chi connectivity index (χ0) is 13.0. The molecule has 0 spiro atoms. The highest BCUT2D eigenvalue weighted by Crippen LogP contribution is 2.15. The van der Waals surface area contributed by atoms with E-state index in [0.717, 1.165) is 26.1 Å². The molecular formula is C14H18ClNO2. The quantitative estimate of drug-likeness (QED) is 0.789. The molecule has 0 aromatic heterocycles. The Balaban J connectivity index is 2.07. The smallest absolute Gasteiger partial charge is 0.179 e. The van der Waals surface area contributed by atoms with Gasteiger partial charge in [0, 0.05) is 30.3 Å². The maximum atomic E-state index is 12.4. The highest BCUT2D eigenvalue weighted by Gasteiger charge is 2.23. The van der Waals surface area contributed by atoms with E-state index in [4.69, 9.17) is 16.3 Å². The molecule has 0 radical (unpaired) electrons. The fourth-order valence-electron chi connectivity index (χ4n) is 2.20. The molecule has 1 atom stereocenters. The largest absolute Gasteiger partial charge is 0.380 e. The van der Waals surface area contributed by atoms with Crippen LogP contribution in [0.25, 0.3) is 0 Å². The third-order valence-electron chi connectivity index (χ3n) is 3.29. The van der Waals surface area contributed by atoms with Gasteiger partial charge < -0.3 is 4.74 Å². The lowest BCUT2D eigenvalue weighted by Crippen LogP contribution is -2.40. The van der Waals surface area contributed by atoms with Gasteiger partial charge in [0.25, 0.3) is 0 Å². The van der Waals surface area contributed by atoms with E-state index in [1.165, 1.54) is 0 Å². The fraction of sp³-hybridized carbons (Fsp3) is 0.500. The first kappa shape index (κ1) is 13.5. The van der Waals surface area contributed by atoms with E-state index in [-0.39, 0.29) is 11.8 Å². The third kappa shape index (κ3) is 3.31. The van der Waals surface area contributed by atoms with Crippen LogP contribution in [0.4, 0.5) is 0 Å². The van der Waals surface area contributed by atoms with Gasteiger partial charge in [0.15, 0.2) is 5.78 Å². The zero-order valence-corrected chi connectivity index (χ0v) is 11.3. The molecule has 1 aromatic carbocycles. The van der Waals surface area contributed by atoms with Gasteiger partial charge in [-0.15, -0.1) is 0 Å². The molecule has 0 aliphatic carbocycles. The lowest BCUT2D eigenvalue weighted by atomic mass is 10.0. The maximum absolute atomic E-state index is 12.4. The molecule has 1 aliphatic heterocycles. The van der Waals surface area contributed by atoms with Crippen LogP contribution in [0.5, 0.6) is 0 Å². The number of carbonyl (C=O) groups excluding carboxylic acids is 1. The number of Topliss-reactive ketones (excluding diaryl/α,β-unsaturated/α-hetero) is 1. The van der Waals surface area contributed by atoms with Crippen molar-refractivity contribution in [3.63, 3.8) is 0 Å². The molecule has 0 bridgehead atoms. The average molecular weight is 268 g/mol. The number of carbonyl (C=O) groups is 1. The summed E-state index contributed by atoms with van der Waals surface area (Å²) < 4.78 is 5.41. The number of nitrogens with zero attached hydrogens (tertiary/aromatic N) is 1. The Hall–Kier alpha value is -0.900. The molecule has 4 heteroatoms. The van der Waals surface area contributed by atoms with Crippen molar-refractivity contribution in [3.05, 3.63) is 34.9 Å². The average Bonchev–Trinajstić information content (AvgIpc) is 2.66. The van der Waals surface area contributed by atoms with Gasteiger partial charge in [-0.05, 0) is 25.5 Å². The highest BCUT2D eigenvalue weighted by atomic mass is 35.5. The number of hydrogen-bond donors (Lipinski definition) is 0. The minimum Gasteiger partial charge on any atom is -0.380 e. The van der Waals surface area contributed by atoms with Crippen LogP contribution in [0.15, 0.2) is 24.3 Å². The molecular weight excluding hydrogens is 250 g/mol. The summed E-state index contributed by atoms with van der Waals surface area (Å²) >= 11 is 5.92. The predicted molar refractivity (Wildman–Crippen MR) is 72.3 cm³/mol. The molecule has 1 aromatic rings. The van der Waals surface area contributed by atoms with Crippen molar-refractivity contribution >= 4 is 17.4 Å². The van der Waals surface area contributed by atoms with Crippen molar-refractivity contribution in [1.29, 1.82) is 0 Å². The molecule has 3 nitrogen and oxygen atoms in total. The minimum absolute atomic E-state index is 0.120. The number of benzene rings is 1. The van der Waals surface area contributed by atoms with E-state index in [1.54, 1.807) is 12.1 Å². The van der Waals surface area contributed by atoms with Crippen LogP contribution < -0.4 is 0 Å². The van der Waals surface area contributed by atoms with E-state index in [0.29, 0.717) is 17.2 Å². The van der Waals surface area contributed by atoms with Crippen LogP contribution in [0, 0.1) is 0 Å². The SMILES string of the molecule is CC(C(=O)c1cccc(Cl)c1)N1CCCOCC1. The van der Waals surface area contributed by atoms with E-state index < -0.39 is 0 Å². The number of hydrogen-bond acceptors (Lipinski definition) is 3. The summed E-state index contributed by atoms with van der Waals surface area (Å²) in [6.07, 6.45) is 0.979. The molecule has 0 amide bonds. The van der Waals surface area contributed by atoms with Crippen LogP contribution >= 0.6 is 11.6 Å². The van der Waals surface area contributed by atoms with Gasteiger partial charge in [-0.2, -0.15) is 0 Å². The van der Waals surface area contributed by atoms with E-state index in [9.17, 15) is 4.79 Å². The van der Waals surface area contributed by atoms with E-state index in [1.807, 2.05) is 19.1 Å². The number of ketones is 1. The second-order valence-electron chi connectivity index (χ2n) is 4.55. The van der Waals surface area contributed by atoms with Crippen LogP contribution in [-0.2, 0) is 4.74 Å². The molecule has 1 aliphatic rings. The van der Waals surface area contributed by atoms with Crippen molar-refractivity contribution in [2.75, 3.05) is 26.3 Å². The van der Waals surface area contributed by atoms with E-state index >= 15 is 0 Å². The maximum Gasteiger partial charge on any atom is 0.179 e. The van der Waals surface area contributed by atoms with Crippen molar-refractivity contribution in [1.82, 2.24) is 4.90 Å². The second kappa shape index (κ2) is 6.32. The molecule has 18 heavy (non-hydrogen) atoms.